The molecule has 0 radical (unpaired) electrons. The normalized spacial score (nSPS) is 17.0. The molecule has 1 saturated carbocycles. The van der Waals surface area contributed by atoms with Gasteiger partial charge in [0.2, 0.25) is 0 Å². The second-order valence-corrected chi connectivity index (χ2v) is 5.96. The van der Waals surface area contributed by atoms with E-state index in [1.165, 1.54) is 6.92 Å². The van der Waals surface area contributed by atoms with Crippen LogP contribution in [0, 0.1) is 29.2 Å². The number of hydrogen-bond donors (Lipinski definition) is 1. The molecule has 1 unspecified atom stereocenters. The van der Waals surface area contributed by atoms with Crippen molar-refractivity contribution in [1.29, 1.82) is 0 Å². The van der Waals surface area contributed by atoms with Crippen LogP contribution >= 0.6 is 0 Å². The molecule has 2 rings (SSSR count). The molecule has 0 bridgehead atoms. The fraction of sp³-hybridized carbons (Fsp3) is 0.471. The molecule has 1 aliphatic rings. The maximum Gasteiger partial charge on any atom is 0.322 e. The van der Waals surface area contributed by atoms with Gasteiger partial charge in [0.1, 0.15) is 0 Å². The van der Waals surface area contributed by atoms with Gasteiger partial charge in [-0.15, -0.1) is 0 Å². The van der Waals surface area contributed by atoms with Gasteiger partial charge in [-0.1, -0.05) is 0 Å². The Morgan fingerprint density at radius 1 is 1.27 bits per heavy atom. The number of carbonyl (C=O) groups excluding carboxylic acids is 2. The largest absolute Gasteiger partial charge is 0.465 e. The number of esters is 1. The van der Waals surface area contributed by atoms with Crippen LogP contribution in [0.2, 0.25) is 0 Å². The summed E-state index contributed by atoms with van der Waals surface area (Å²) in [5.41, 5.74) is -1.97. The summed E-state index contributed by atoms with van der Waals surface area (Å²) in [4.78, 5) is 28.5. The van der Waals surface area contributed by atoms with Crippen molar-refractivity contribution < 1.29 is 37.0 Å². The minimum absolute atomic E-state index is 0.101. The smallest absolute Gasteiger partial charge is 0.322 e. The fourth-order valence-electron chi connectivity index (χ4n) is 2.53. The number of hydrogen-bond acceptors (Lipinski definition) is 5. The predicted molar refractivity (Wildman–Crippen MR) is 82.9 cm³/mol. The van der Waals surface area contributed by atoms with Crippen LogP contribution < -0.4 is 0 Å². The van der Waals surface area contributed by atoms with Crippen LogP contribution in [-0.2, 0) is 9.53 Å². The standard InChI is InChI=1S/C17H17F4NO4/c1-2-26-16(25)10(7-22-17(8-23)4-3-5-17)15(24)9-6-11(18)13(20)14(21)12(9)19/h6-7,10,23H,2-5,8H2,1H3. The zero-order valence-corrected chi connectivity index (χ0v) is 13.9. The van der Waals surface area contributed by atoms with Gasteiger partial charge in [-0.05, 0) is 32.3 Å². The lowest BCUT2D eigenvalue weighted by Crippen LogP contribution is -2.40. The molecule has 0 heterocycles. The zero-order chi connectivity index (χ0) is 19.5. The van der Waals surface area contributed by atoms with E-state index in [2.05, 4.69) is 4.99 Å². The summed E-state index contributed by atoms with van der Waals surface area (Å²) in [6.45, 7) is 1.05. The monoisotopic (exact) mass is 375 g/mol. The fourth-order valence-corrected chi connectivity index (χ4v) is 2.53. The van der Waals surface area contributed by atoms with Crippen molar-refractivity contribution in [2.75, 3.05) is 13.2 Å². The van der Waals surface area contributed by atoms with Crippen LogP contribution in [0.4, 0.5) is 17.6 Å². The second kappa shape index (κ2) is 7.94. The van der Waals surface area contributed by atoms with Crippen molar-refractivity contribution in [2.45, 2.75) is 31.7 Å². The van der Waals surface area contributed by atoms with Gasteiger partial charge in [0.05, 0.1) is 24.3 Å². The molecule has 0 saturated heterocycles. The van der Waals surface area contributed by atoms with Crippen LogP contribution in [0.15, 0.2) is 11.1 Å². The Morgan fingerprint density at radius 2 is 1.92 bits per heavy atom. The summed E-state index contributed by atoms with van der Waals surface area (Å²) in [7, 11) is 0. The molecule has 5 nitrogen and oxygen atoms in total. The number of Topliss-reactive ketones (excluding diaryl/α,β-unsaturated/α-hetero) is 1. The Kier molecular flexibility index (Phi) is 6.12. The lowest BCUT2D eigenvalue weighted by molar-refractivity contribution is -0.144. The van der Waals surface area contributed by atoms with Gasteiger partial charge in [0.25, 0.3) is 0 Å². The molecule has 9 heteroatoms. The van der Waals surface area contributed by atoms with Crippen molar-refractivity contribution in [3.05, 3.63) is 34.9 Å². The van der Waals surface area contributed by atoms with Gasteiger partial charge < -0.3 is 9.84 Å². The number of aliphatic hydroxyl groups is 1. The summed E-state index contributed by atoms with van der Waals surface area (Å²) >= 11 is 0. The number of carbonyl (C=O) groups is 2. The lowest BCUT2D eigenvalue weighted by atomic mass is 9.78. The van der Waals surface area contributed by atoms with Crippen molar-refractivity contribution in [3.8, 4) is 0 Å². The average Bonchev–Trinajstić information content (AvgIpc) is 2.58. The van der Waals surface area contributed by atoms with Crippen molar-refractivity contribution in [1.82, 2.24) is 0 Å². The first-order valence-corrected chi connectivity index (χ1v) is 7.96. The highest BCUT2D eigenvalue weighted by Crippen LogP contribution is 2.35. The molecule has 0 aliphatic heterocycles. The number of ether oxygens (including phenoxy) is 1. The van der Waals surface area contributed by atoms with Crippen LogP contribution in [0.5, 0.6) is 0 Å². The summed E-state index contributed by atoms with van der Waals surface area (Å²) in [6, 6.07) is 0.182. The quantitative estimate of drug-likeness (QED) is 0.151. The Balaban J connectivity index is 2.41. The summed E-state index contributed by atoms with van der Waals surface area (Å²) in [5, 5.41) is 9.38. The third kappa shape index (κ3) is 3.77. The molecule has 1 atom stereocenters. The molecule has 1 aromatic rings. The molecule has 1 fully saturated rings. The Bertz CT molecular complexity index is 741. The first kappa shape index (κ1) is 20.0. The maximum absolute atomic E-state index is 13.9. The van der Waals surface area contributed by atoms with Crippen LogP contribution in [0.3, 0.4) is 0 Å². The minimum Gasteiger partial charge on any atom is -0.465 e. The highest BCUT2D eigenvalue weighted by molar-refractivity contribution is 6.18. The van der Waals surface area contributed by atoms with E-state index in [0.29, 0.717) is 12.8 Å². The molecule has 142 valence electrons. The van der Waals surface area contributed by atoms with E-state index in [1.807, 2.05) is 0 Å². The molecule has 26 heavy (non-hydrogen) atoms. The number of rotatable bonds is 7. The first-order chi connectivity index (χ1) is 12.3. The first-order valence-electron chi connectivity index (χ1n) is 7.96. The molecule has 1 aliphatic carbocycles. The third-order valence-electron chi connectivity index (χ3n) is 4.27. The van der Waals surface area contributed by atoms with Crippen LogP contribution in [0.1, 0.15) is 36.5 Å². The minimum atomic E-state index is -2.15. The topological polar surface area (TPSA) is 76.0 Å². The third-order valence-corrected chi connectivity index (χ3v) is 4.27. The van der Waals surface area contributed by atoms with Crippen molar-refractivity contribution in [3.63, 3.8) is 0 Å². The molecule has 0 aromatic heterocycles. The van der Waals surface area contributed by atoms with E-state index >= 15 is 0 Å². The lowest BCUT2D eigenvalue weighted by Gasteiger charge is -2.36. The molecular weight excluding hydrogens is 358 g/mol. The molecule has 1 N–H and O–H groups in total. The highest BCUT2D eigenvalue weighted by atomic mass is 19.2. The van der Waals surface area contributed by atoms with Gasteiger partial charge in [-0.3, -0.25) is 14.6 Å². The number of aliphatic imine (C=N–C) groups is 1. The van der Waals surface area contributed by atoms with E-state index in [9.17, 15) is 32.3 Å². The van der Waals surface area contributed by atoms with Crippen LogP contribution in [0.25, 0.3) is 0 Å². The van der Waals surface area contributed by atoms with E-state index in [0.717, 1.165) is 12.6 Å². The zero-order valence-electron chi connectivity index (χ0n) is 13.9. The van der Waals surface area contributed by atoms with E-state index < -0.39 is 52.0 Å². The number of halogens is 4. The van der Waals surface area contributed by atoms with Gasteiger partial charge in [0.15, 0.2) is 35.0 Å². The average molecular weight is 375 g/mol. The number of aliphatic hydroxyl groups excluding tert-OH is 1. The number of benzene rings is 1. The van der Waals surface area contributed by atoms with Crippen LogP contribution in [-0.4, -0.2) is 41.8 Å². The van der Waals surface area contributed by atoms with Gasteiger partial charge >= 0.3 is 5.97 Å². The van der Waals surface area contributed by atoms with Crippen molar-refractivity contribution in [2.24, 2.45) is 10.9 Å². The van der Waals surface area contributed by atoms with Gasteiger partial charge in [-0.25, -0.2) is 17.6 Å². The number of ketones is 1. The summed E-state index contributed by atoms with van der Waals surface area (Å²) in [5.74, 6) is -12.1. The maximum atomic E-state index is 13.9. The Hall–Kier alpha value is -2.29. The molecule has 0 amide bonds. The van der Waals surface area contributed by atoms with Crippen molar-refractivity contribution >= 4 is 18.0 Å². The molecular formula is C17H17F4NO4. The highest BCUT2D eigenvalue weighted by Gasteiger charge is 2.38. The number of nitrogens with zero attached hydrogens (tertiary/aromatic N) is 1. The molecule has 1 aromatic carbocycles. The van der Waals surface area contributed by atoms with Gasteiger partial charge in [0, 0.05) is 6.21 Å². The SMILES string of the molecule is CCOC(=O)C(C=NC1(CO)CCC1)C(=O)c1cc(F)c(F)c(F)c1F. The second-order valence-electron chi connectivity index (χ2n) is 5.96. The Morgan fingerprint density at radius 3 is 2.42 bits per heavy atom. The summed E-state index contributed by atoms with van der Waals surface area (Å²) < 4.78 is 58.4. The van der Waals surface area contributed by atoms with E-state index in [-0.39, 0.29) is 19.3 Å². The van der Waals surface area contributed by atoms with E-state index in [1.54, 1.807) is 0 Å². The predicted octanol–water partition coefficient (Wildman–Crippen LogP) is 2.59. The molecule has 0 spiro atoms. The van der Waals surface area contributed by atoms with Gasteiger partial charge in [-0.2, -0.15) is 0 Å². The Labute approximate surface area is 146 Å². The van der Waals surface area contributed by atoms with E-state index in [4.69, 9.17) is 4.74 Å². The summed E-state index contributed by atoms with van der Waals surface area (Å²) in [6.07, 6.45) is 2.73.